The molecule has 4 unspecified atom stereocenters. The van der Waals surface area contributed by atoms with E-state index < -0.39 is 0 Å². The molecular formula is C29H60. The number of rotatable bonds is 21. The van der Waals surface area contributed by atoms with Crippen molar-refractivity contribution in [3.8, 4) is 0 Å². The molecule has 0 aromatic carbocycles. The highest BCUT2D eigenvalue weighted by atomic mass is 14.2. The monoisotopic (exact) mass is 408 g/mol. The van der Waals surface area contributed by atoms with Crippen molar-refractivity contribution in [2.45, 2.75) is 158 Å². The number of hydrogen-bond acceptors (Lipinski definition) is 0. The lowest BCUT2D eigenvalue weighted by Gasteiger charge is -2.21. The van der Waals surface area contributed by atoms with Crippen LogP contribution in [-0.2, 0) is 0 Å². The highest BCUT2D eigenvalue weighted by molar-refractivity contribution is 4.65. The predicted molar refractivity (Wildman–Crippen MR) is 136 cm³/mol. The summed E-state index contributed by atoms with van der Waals surface area (Å²) in [5.41, 5.74) is 0. The van der Waals surface area contributed by atoms with Gasteiger partial charge in [-0.1, -0.05) is 145 Å². The SMILES string of the molecule is CCCCCCCCCCC(C)CC(C)CC(C)CCCC(C)CCCC(C)C. The minimum absolute atomic E-state index is 0.877. The Labute approximate surface area is 187 Å². The van der Waals surface area contributed by atoms with Gasteiger partial charge in [-0.3, -0.25) is 0 Å². The summed E-state index contributed by atoms with van der Waals surface area (Å²) >= 11 is 0. The summed E-state index contributed by atoms with van der Waals surface area (Å²) in [6, 6.07) is 0. The molecule has 0 amide bonds. The molecule has 0 heteroatoms. The van der Waals surface area contributed by atoms with Gasteiger partial charge in [-0.15, -0.1) is 0 Å². The molecule has 0 heterocycles. The first-order valence-corrected chi connectivity index (χ1v) is 13.8. The molecule has 0 N–H and O–H groups in total. The van der Waals surface area contributed by atoms with Crippen LogP contribution in [0, 0.1) is 29.6 Å². The fourth-order valence-corrected chi connectivity index (χ4v) is 5.17. The molecule has 0 aliphatic rings. The molecule has 0 aromatic rings. The van der Waals surface area contributed by atoms with Gasteiger partial charge in [0.1, 0.15) is 0 Å². The van der Waals surface area contributed by atoms with E-state index in [1.807, 2.05) is 0 Å². The Kier molecular flexibility index (Phi) is 19.9. The molecule has 0 fully saturated rings. The molecule has 0 aliphatic heterocycles. The van der Waals surface area contributed by atoms with Crippen molar-refractivity contribution in [1.82, 2.24) is 0 Å². The smallest absolute Gasteiger partial charge is 0.0438 e. The number of unbranched alkanes of at least 4 members (excludes halogenated alkanes) is 7. The normalized spacial score (nSPS) is 16.1. The van der Waals surface area contributed by atoms with Gasteiger partial charge in [0.2, 0.25) is 0 Å². The minimum Gasteiger partial charge on any atom is -0.0654 e. The van der Waals surface area contributed by atoms with E-state index in [1.165, 1.54) is 109 Å². The highest BCUT2D eigenvalue weighted by Gasteiger charge is 2.13. The minimum atomic E-state index is 0.877. The highest BCUT2D eigenvalue weighted by Crippen LogP contribution is 2.27. The van der Waals surface area contributed by atoms with Crippen molar-refractivity contribution in [3.05, 3.63) is 0 Å². The topological polar surface area (TPSA) is 0 Å². The summed E-state index contributed by atoms with van der Waals surface area (Å²) in [7, 11) is 0. The largest absolute Gasteiger partial charge is 0.0654 e. The molecule has 0 aromatic heterocycles. The van der Waals surface area contributed by atoms with Gasteiger partial charge in [-0.05, 0) is 42.4 Å². The summed E-state index contributed by atoms with van der Waals surface area (Å²) in [6.07, 6.45) is 24.6. The van der Waals surface area contributed by atoms with Gasteiger partial charge in [-0.2, -0.15) is 0 Å². The van der Waals surface area contributed by atoms with E-state index in [0.29, 0.717) is 0 Å². The second-order valence-corrected chi connectivity index (χ2v) is 11.4. The van der Waals surface area contributed by atoms with Gasteiger partial charge in [-0.25, -0.2) is 0 Å². The summed E-state index contributed by atoms with van der Waals surface area (Å²) < 4.78 is 0. The first kappa shape index (κ1) is 29.0. The lowest BCUT2D eigenvalue weighted by atomic mass is 9.85. The summed E-state index contributed by atoms with van der Waals surface area (Å²) in [6.45, 7) is 17.0. The quantitative estimate of drug-likeness (QED) is 0.166. The molecule has 29 heavy (non-hydrogen) atoms. The second-order valence-electron chi connectivity index (χ2n) is 11.4. The third-order valence-corrected chi connectivity index (χ3v) is 7.03. The zero-order valence-corrected chi connectivity index (χ0v) is 21.9. The first-order chi connectivity index (χ1) is 13.8. The van der Waals surface area contributed by atoms with E-state index in [-0.39, 0.29) is 0 Å². The Bertz CT molecular complexity index is 318. The van der Waals surface area contributed by atoms with Crippen molar-refractivity contribution in [2.75, 3.05) is 0 Å². The van der Waals surface area contributed by atoms with Gasteiger partial charge in [0.25, 0.3) is 0 Å². The molecule has 0 nitrogen and oxygen atoms in total. The van der Waals surface area contributed by atoms with Crippen LogP contribution in [0.2, 0.25) is 0 Å². The van der Waals surface area contributed by atoms with Crippen LogP contribution in [0.15, 0.2) is 0 Å². The van der Waals surface area contributed by atoms with Crippen LogP contribution in [0.5, 0.6) is 0 Å². The molecule has 0 saturated heterocycles. The van der Waals surface area contributed by atoms with Gasteiger partial charge in [0, 0.05) is 0 Å². The Balaban J connectivity index is 3.62. The van der Waals surface area contributed by atoms with Gasteiger partial charge in [0.05, 0.1) is 0 Å². The summed E-state index contributed by atoms with van der Waals surface area (Å²) in [5, 5.41) is 0. The van der Waals surface area contributed by atoms with E-state index >= 15 is 0 Å². The molecule has 4 atom stereocenters. The molecule has 0 radical (unpaired) electrons. The average molecular weight is 409 g/mol. The molecule has 0 saturated carbocycles. The fourth-order valence-electron chi connectivity index (χ4n) is 5.17. The number of hydrogen-bond donors (Lipinski definition) is 0. The van der Waals surface area contributed by atoms with Gasteiger partial charge in [0.15, 0.2) is 0 Å². The van der Waals surface area contributed by atoms with E-state index in [2.05, 4.69) is 48.5 Å². The molecule has 0 aliphatic carbocycles. The fraction of sp³-hybridized carbons (Fsp3) is 1.00. The standard InChI is InChI=1S/C29H60/c1-8-9-10-11-12-13-14-15-19-27(5)23-29(7)24-28(6)22-17-21-26(4)20-16-18-25(2)3/h25-29H,8-24H2,1-7H3. The van der Waals surface area contributed by atoms with E-state index in [0.717, 1.165) is 29.6 Å². The van der Waals surface area contributed by atoms with E-state index in [4.69, 9.17) is 0 Å². The molecule has 0 bridgehead atoms. The van der Waals surface area contributed by atoms with Crippen LogP contribution in [0.25, 0.3) is 0 Å². The lowest BCUT2D eigenvalue weighted by molar-refractivity contribution is 0.310. The van der Waals surface area contributed by atoms with E-state index in [9.17, 15) is 0 Å². The molecule has 0 rings (SSSR count). The third kappa shape index (κ3) is 21.0. The zero-order chi connectivity index (χ0) is 21.9. The Morgan fingerprint density at radius 3 is 1.31 bits per heavy atom. The maximum atomic E-state index is 2.51. The Morgan fingerprint density at radius 2 is 0.793 bits per heavy atom. The van der Waals surface area contributed by atoms with Crippen LogP contribution in [-0.4, -0.2) is 0 Å². The van der Waals surface area contributed by atoms with Crippen LogP contribution in [0.3, 0.4) is 0 Å². The predicted octanol–water partition coefficient (Wildman–Crippen LogP) is 10.8. The Morgan fingerprint density at radius 1 is 0.379 bits per heavy atom. The second kappa shape index (κ2) is 19.9. The van der Waals surface area contributed by atoms with Crippen molar-refractivity contribution in [2.24, 2.45) is 29.6 Å². The Hall–Kier alpha value is 0. The third-order valence-electron chi connectivity index (χ3n) is 7.03. The van der Waals surface area contributed by atoms with Crippen LogP contribution in [0.4, 0.5) is 0 Å². The van der Waals surface area contributed by atoms with Crippen LogP contribution in [0.1, 0.15) is 158 Å². The maximum absolute atomic E-state index is 2.51. The van der Waals surface area contributed by atoms with E-state index in [1.54, 1.807) is 0 Å². The molecular weight excluding hydrogens is 348 g/mol. The zero-order valence-electron chi connectivity index (χ0n) is 21.9. The van der Waals surface area contributed by atoms with Crippen molar-refractivity contribution >= 4 is 0 Å². The average Bonchev–Trinajstić information content (AvgIpc) is 2.63. The van der Waals surface area contributed by atoms with Gasteiger partial charge < -0.3 is 0 Å². The van der Waals surface area contributed by atoms with Crippen molar-refractivity contribution in [1.29, 1.82) is 0 Å². The lowest BCUT2D eigenvalue weighted by Crippen LogP contribution is -2.08. The van der Waals surface area contributed by atoms with Crippen molar-refractivity contribution in [3.63, 3.8) is 0 Å². The maximum Gasteiger partial charge on any atom is -0.0438 e. The first-order valence-electron chi connectivity index (χ1n) is 13.8. The van der Waals surface area contributed by atoms with Crippen LogP contribution < -0.4 is 0 Å². The van der Waals surface area contributed by atoms with Gasteiger partial charge >= 0.3 is 0 Å². The molecule has 0 spiro atoms. The van der Waals surface area contributed by atoms with Crippen LogP contribution >= 0.6 is 0 Å². The van der Waals surface area contributed by atoms with Crippen molar-refractivity contribution < 1.29 is 0 Å². The molecule has 176 valence electrons. The summed E-state index contributed by atoms with van der Waals surface area (Å²) in [5.74, 6) is 4.57. The summed E-state index contributed by atoms with van der Waals surface area (Å²) in [4.78, 5) is 0.